The van der Waals surface area contributed by atoms with Gasteiger partial charge in [-0.05, 0) is 47.9 Å². The second-order valence-corrected chi connectivity index (χ2v) is 7.70. The lowest BCUT2D eigenvalue weighted by molar-refractivity contribution is 0.122. The molecule has 2 N–H and O–H groups in total. The molecule has 1 fully saturated rings. The van der Waals surface area contributed by atoms with Crippen LogP contribution in [-0.4, -0.2) is 37.3 Å². The van der Waals surface area contributed by atoms with E-state index in [1.165, 1.54) is 0 Å². The van der Waals surface area contributed by atoms with Gasteiger partial charge < -0.3 is 25.0 Å². The van der Waals surface area contributed by atoms with Crippen molar-refractivity contribution in [3.63, 3.8) is 0 Å². The average Bonchev–Trinajstić information content (AvgIpc) is 2.84. The van der Waals surface area contributed by atoms with Crippen LogP contribution in [0.25, 0.3) is 0 Å². The largest absolute Gasteiger partial charge is 0.487 e. The average molecular weight is 433 g/mol. The summed E-state index contributed by atoms with van der Waals surface area (Å²) in [5, 5.41) is 5.82. The summed E-state index contributed by atoms with van der Waals surface area (Å²) in [6.07, 6.45) is 1.77. The van der Waals surface area contributed by atoms with Crippen molar-refractivity contribution in [3.8, 4) is 5.75 Å². The molecular weight excluding hydrogens is 404 g/mol. The van der Waals surface area contributed by atoms with Crippen LogP contribution in [0.15, 0.2) is 66.9 Å². The summed E-state index contributed by atoms with van der Waals surface area (Å²) < 4.78 is 11.4. The Kier molecular flexibility index (Phi) is 7.19. The molecule has 0 radical (unpaired) electrons. The summed E-state index contributed by atoms with van der Waals surface area (Å²) in [5.41, 5.74) is 3.75. The van der Waals surface area contributed by atoms with Crippen molar-refractivity contribution in [2.45, 2.75) is 20.1 Å². The minimum Gasteiger partial charge on any atom is -0.487 e. The highest BCUT2D eigenvalue weighted by atomic mass is 16.5. The van der Waals surface area contributed by atoms with Crippen LogP contribution in [0.5, 0.6) is 5.75 Å². The number of nitrogens with zero attached hydrogens (tertiary/aromatic N) is 2. The van der Waals surface area contributed by atoms with E-state index >= 15 is 0 Å². The summed E-state index contributed by atoms with van der Waals surface area (Å²) in [7, 11) is 0. The third kappa shape index (κ3) is 5.98. The number of hydrogen-bond donors (Lipinski definition) is 2. The van der Waals surface area contributed by atoms with Gasteiger partial charge in [-0.1, -0.05) is 36.4 Å². The maximum Gasteiger partial charge on any atom is 0.319 e. The number of rotatable bonds is 7. The first-order chi connectivity index (χ1) is 15.7. The monoisotopic (exact) mass is 432 g/mol. The lowest BCUT2D eigenvalue weighted by Gasteiger charge is -2.28. The molecule has 2 amide bonds. The summed E-state index contributed by atoms with van der Waals surface area (Å²) in [4.78, 5) is 19.2. The fourth-order valence-corrected chi connectivity index (χ4v) is 3.47. The lowest BCUT2D eigenvalue weighted by Crippen LogP contribution is -2.36. The molecule has 0 unspecified atom stereocenters. The number of nitrogens with one attached hydrogen (secondary N) is 2. The Balaban J connectivity index is 1.35. The van der Waals surface area contributed by atoms with Crippen molar-refractivity contribution in [1.82, 2.24) is 10.3 Å². The third-order valence-electron chi connectivity index (χ3n) is 5.22. The zero-order valence-corrected chi connectivity index (χ0v) is 18.2. The molecular formula is C25H28N4O3. The van der Waals surface area contributed by atoms with Crippen LogP contribution in [0, 0.1) is 6.92 Å². The van der Waals surface area contributed by atoms with Crippen molar-refractivity contribution in [2.24, 2.45) is 0 Å². The Morgan fingerprint density at radius 1 is 1.06 bits per heavy atom. The number of carbonyl (C=O) groups excluding carboxylic acids is 1. The molecule has 0 atom stereocenters. The van der Waals surface area contributed by atoms with Gasteiger partial charge in [0.15, 0.2) is 0 Å². The van der Waals surface area contributed by atoms with E-state index in [9.17, 15) is 4.79 Å². The molecule has 0 aliphatic carbocycles. The molecule has 0 saturated carbocycles. The van der Waals surface area contributed by atoms with Gasteiger partial charge >= 0.3 is 6.03 Å². The number of pyridine rings is 1. The van der Waals surface area contributed by atoms with Crippen molar-refractivity contribution >= 4 is 17.5 Å². The first-order valence-corrected chi connectivity index (χ1v) is 10.8. The van der Waals surface area contributed by atoms with Gasteiger partial charge in [-0.15, -0.1) is 0 Å². The quantitative estimate of drug-likeness (QED) is 0.587. The Hall–Kier alpha value is -3.58. The third-order valence-corrected chi connectivity index (χ3v) is 5.22. The van der Waals surface area contributed by atoms with Gasteiger partial charge in [0.1, 0.15) is 18.2 Å². The molecule has 2 heterocycles. The number of benzene rings is 2. The number of carbonyl (C=O) groups is 1. The number of aromatic nitrogens is 1. The highest BCUT2D eigenvalue weighted by molar-refractivity contribution is 5.91. The number of urea groups is 1. The van der Waals surface area contributed by atoms with Gasteiger partial charge in [0.2, 0.25) is 0 Å². The van der Waals surface area contributed by atoms with Crippen LogP contribution >= 0.6 is 0 Å². The van der Waals surface area contributed by atoms with E-state index < -0.39 is 0 Å². The van der Waals surface area contributed by atoms with Gasteiger partial charge in [-0.25, -0.2) is 9.78 Å². The Bertz CT molecular complexity index is 1040. The molecule has 0 bridgehead atoms. The number of hydrogen-bond acceptors (Lipinski definition) is 5. The van der Waals surface area contributed by atoms with Gasteiger partial charge in [-0.3, -0.25) is 0 Å². The number of ether oxygens (including phenoxy) is 2. The molecule has 166 valence electrons. The molecule has 0 spiro atoms. The van der Waals surface area contributed by atoms with Crippen LogP contribution in [0.2, 0.25) is 0 Å². The van der Waals surface area contributed by atoms with Gasteiger partial charge in [0, 0.05) is 25.8 Å². The van der Waals surface area contributed by atoms with Crippen LogP contribution in [-0.2, 0) is 17.9 Å². The number of morpholine rings is 1. The zero-order chi connectivity index (χ0) is 22.2. The zero-order valence-electron chi connectivity index (χ0n) is 18.2. The normalized spacial score (nSPS) is 13.5. The maximum absolute atomic E-state index is 12.6. The number of amides is 2. The lowest BCUT2D eigenvalue weighted by atomic mass is 10.2. The first kappa shape index (κ1) is 21.6. The van der Waals surface area contributed by atoms with E-state index in [0.29, 0.717) is 37.8 Å². The van der Waals surface area contributed by atoms with Crippen LogP contribution in [0.3, 0.4) is 0 Å². The van der Waals surface area contributed by atoms with Gasteiger partial charge in [-0.2, -0.15) is 0 Å². The molecule has 7 nitrogen and oxygen atoms in total. The summed E-state index contributed by atoms with van der Waals surface area (Å²) in [6, 6.07) is 19.3. The van der Waals surface area contributed by atoms with Gasteiger partial charge in [0.05, 0.1) is 18.9 Å². The Labute approximate surface area is 188 Å². The van der Waals surface area contributed by atoms with Gasteiger partial charge in [0.25, 0.3) is 0 Å². The highest BCUT2D eigenvalue weighted by Crippen LogP contribution is 2.26. The van der Waals surface area contributed by atoms with E-state index in [4.69, 9.17) is 9.47 Å². The Morgan fingerprint density at radius 3 is 2.69 bits per heavy atom. The van der Waals surface area contributed by atoms with Crippen molar-refractivity contribution in [3.05, 3.63) is 83.6 Å². The highest BCUT2D eigenvalue weighted by Gasteiger charge is 2.13. The van der Waals surface area contributed by atoms with Crippen molar-refractivity contribution in [2.75, 3.05) is 36.5 Å². The molecule has 3 aromatic rings. The summed E-state index contributed by atoms with van der Waals surface area (Å²) in [5.74, 6) is 1.55. The van der Waals surface area contributed by atoms with Crippen LogP contribution < -0.4 is 20.3 Å². The van der Waals surface area contributed by atoms with Crippen molar-refractivity contribution < 1.29 is 14.3 Å². The van der Waals surface area contributed by atoms with E-state index in [1.54, 1.807) is 6.20 Å². The van der Waals surface area contributed by atoms with E-state index in [2.05, 4.69) is 20.5 Å². The summed E-state index contributed by atoms with van der Waals surface area (Å²) in [6.45, 7) is 5.89. The number of anilines is 2. The minimum absolute atomic E-state index is 0.289. The standard InChI is InChI=1S/C25H28N4O3/c1-19-7-8-22(23(15-19)32-18-20-5-3-2-4-6-20)28-25(30)27-17-21-9-10-26-24(16-21)29-11-13-31-14-12-29/h2-10,15-16H,11-14,17-18H2,1H3,(H2,27,28,30). The molecule has 1 aliphatic rings. The summed E-state index contributed by atoms with van der Waals surface area (Å²) >= 11 is 0. The van der Waals surface area contributed by atoms with E-state index in [1.807, 2.05) is 67.6 Å². The Morgan fingerprint density at radius 2 is 1.88 bits per heavy atom. The molecule has 1 saturated heterocycles. The fraction of sp³-hybridized carbons (Fsp3) is 0.280. The molecule has 4 rings (SSSR count). The second kappa shape index (κ2) is 10.6. The van der Waals surface area contributed by atoms with E-state index in [-0.39, 0.29) is 6.03 Å². The van der Waals surface area contributed by atoms with Crippen LogP contribution in [0.4, 0.5) is 16.3 Å². The minimum atomic E-state index is -0.289. The smallest absolute Gasteiger partial charge is 0.319 e. The predicted octanol–water partition coefficient (Wildman–Crippen LogP) is 4.13. The fourth-order valence-electron chi connectivity index (χ4n) is 3.47. The SMILES string of the molecule is Cc1ccc(NC(=O)NCc2ccnc(N3CCOCC3)c2)c(OCc2ccccc2)c1. The molecule has 1 aromatic heterocycles. The second-order valence-electron chi connectivity index (χ2n) is 7.70. The topological polar surface area (TPSA) is 75.7 Å². The molecule has 7 heteroatoms. The van der Waals surface area contributed by atoms with E-state index in [0.717, 1.165) is 35.6 Å². The molecule has 32 heavy (non-hydrogen) atoms. The maximum atomic E-state index is 12.6. The molecule has 2 aromatic carbocycles. The molecule has 1 aliphatic heterocycles. The predicted molar refractivity (Wildman–Crippen MR) is 125 cm³/mol. The van der Waals surface area contributed by atoms with Crippen LogP contribution in [0.1, 0.15) is 16.7 Å². The first-order valence-electron chi connectivity index (χ1n) is 10.8. The van der Waals surface area contributed by atoms with Crippen molar-refractivity contribution in [1.29, 1.82) is 0 Å². The number of aryl methyl sites for hydroxylation is 1.